The Labute approximate surface area is 114 Å². The number of fused-ring (bicyclic) bond motifs is 1. The molecule has 0 saturated carbocycles. The number of benzene rings is 1. The molecule has 0 amide bonds. The molecule has 0 unspecified atom stereocenters. The second-order valence-corrected chi connectivity index (χ2v) is 4.96. The highest BCUT2D eigenvalue weighted by atomic mass is 32.1. The molecule has 0 spiro atoms. The minimum Gasteiger partial charge on any atom is -0.494 e. The summed E-state index contributed by atoms with van der Waals surface area (Å²) in [4.78, 5) is 4.51. The van der Waals surface area contributed by atoms with Gasteiger partial charge in [-0.05, 0) is 25.1 Å². The van der Waals surface area contributed by atoms with Crippen molar-refractivity contribution in [1.82, 2.24) is 10.1 Å². The van der Waals surface area contributed by atoms with Crippen LogP contribution in [0, 0.1) is 0 Å². The molecule has 0 aliphatic carbocycles. The number of aromatic nitrogens is 2. The summed E-state index contributed by atoms with van der Waals surface area (Å²) in [7, 11) is 0. The first kappa shape index (κ1) is 12.0. The molecule has 0 fully saturated rings. The average Bonchev–Trinajstić information content (AvgIpc) is 3.05. The second-order valence-electron chi connectivity index (χ2n) is 3.93. The fraction of sp³-hybridized carbons (Fsp3) is 0.231. The number of hydrogen-bond acceptors (Lipinski definition) is 6. The quantitative estimate of drug-likeness (QED) is 0.774. The van der Waals surface area contributed by atoms with E-state index in [0.29, 0.717) is 13.2 Å². The summed E-state index contributed by atoms with van der Waals surface area (Å²) >= 11 is 1.60. The second kappa shape index (κ2) is 5.27. The molecular formula is C13H13N3O2S. The Bertz CT molecular complexity index is 664. The van der Waals surface area contributed by atoms with Crippen molar-refractivity contribution < 1.29 is 9.26 Å². The number of nitrogens with zero attached hydrogens (tertiary/aromatic N) is 2. The Kier molecular flexibility index (Phi) is 3.33. The molecule has 98 valence electrons. The van der Waals surface area contributed by atoms with Crippen molar-refractivity contribution in [2.45, 2.75) is 13.5 Å². The summed E-state index contributed by atoms with van der Waals surface area (Å²) < 4.78 is 11.4. The van der Waals surface area contributed by atoms with Gasteiger partial charge in [0.05, 0.1) is 23.4 Å². The number of rotatable bonds is 5. The normalized spacial score (nSPS) is 10.8. The lowest BCUT2D eigenvalue weighted by atomic mass is 10.3. The molecule has 2 aromatic heterocycles. The van der Waals surface area contributed by atoms with Gasteiger partial charge in [0.2, 0.25) is 0 Å². The number of ether oxygens (including phenoxy) is 1. The monoisotopic (exact) mass is 275 g/mol. The van der Waals surface area contributed by atoms with Gasteiger partial charge in [0, 0.05) is 6.07 Å². The van der Waals surface area contributed by atoms with Crippen LogP contribution in [0.1, 0.15) is 12.6 Å². The van der Waals surface area contributed by atoms with Gasteiger partial charge in [-0.15, -0.1) is 0 Å². The number of anilines is 1. The van der Waals surface area contributed by atoms with Gasteiger partial charge in [-0.1, -0.05) is 16.5 Å². The lowest BCUT2D eigenvalue weighted by Gasteiger charge is -2.00. The van der Waals surface area contributed by atoms with Gasteiger partial charge in [0.25, 0.3) is 0 Å². The first-order valence-corrected chi connectivity index (χ1v) is 6.83. The summed E-state index contributed by atoms with van der Waals surface area (Å²) in [6.45, 7) is 3.25. The molecule has 5 nitrogen and oxygen atoms in total. The van der Waals surface area contributed by atoms with Crippen LogP contribution >= 0.6 is 11.3 Å². The molecule has 1 N–H and O–H groups in total. The largest absolute Gasteiger partial charge is 0.494 e. The van der Waals surface area contributed by atoms with Gasteiger partial charge in [0.15, 0.2) is 5.13 Å². The van der Waals surface area contributed by atoms with Crippen molar-refractivity contribution in [3.63, 3.8) is 0 Å². The topological polar surface area (TPSA) is 60.2 Å². The van der Waals surface area contributed by atoms with Crippen molar-refractivity contribution in [3.8, 4) is 5.75 Å². The predicted molar refractivity (Wildman–Crippen MR) is 74.6 cm³/mol. The van der Waals surface area contributed by atoms with Crippen molar-refractivity contribution in [3.05, 3.63) is 36.2 Å². The standard InChI is InChI=1S/C13H13N3O2S/c1-2-17-10-3-4-11-12(7-10)19-13(15-11)14-8-9-5-6-18-16-9/h3-7H,2,8H2,1H3,(H,14,15). The fourth-order valence-corrected chi connectivity index (χ4v) is 2.62. The molecule has 6 heteroatoms. The van der Waals surface area contributed by atoms with Crippen LogP contribution in [0.4, 0.5) is 5.13 Å². The first-order valence-electron chi connectivity index (χ1n) is 6.01. The number of hydrogen-bond donors (Lipinski definition) is 1. The van der Waals surface area contributed by atoms with Crippen LogP contribution in [0.15, 0.2) is 35.1 Å². The smallest absolute Gasteiger partial charge is 0.184 e. The molecule has 0 aliphatic rings. The highest BCUT2D eigenvalue weighted by Gasteiger charge is 2.05. The molecular weight excluding hydrogens is 262 g/mol. The Morgan fingerprint density at radius 1 is 1.37 bits per heavy atom. The van der Waals surface area contributed by atoms with E-state index in [4.69, 9.17) is 9.26 Å². The zero-order valence-electron chi connectivity index (χ0n) is 10.4. The van der Waals surface area contributed by atoms with Crippen LogP contribution in [0.2, 0.25) is 0 Å². The number of thiazole rings is 1. The third kappa shape index (κ3) is 2.68. The van der Waals surface area contributed by atoms with Gasteiger partial charge >= 0.3 is 0 Å². The highest BCUT2D eigenvalue weighted by Crippen LogP contribution is 2.29. The third-order valence-electron chi connectivity index (χ3n) is 2.58. The molecule has 0 aliphatic heterocycles. The lowest BCUT2D eigenvalue weighted by Crippen LogP contribution is -1.98. The first-order chi connectivity index (χ1) is 9.35. The van der Waals surface area contributed by atoms with E-state index in [0.717, 1.165) is 26.8 Å². The molecule has 3 rings (SSSR count). The van der Waals surface area contributed by atoms with E-state index < -0.39 is 0 Å². The number of nitrogens with one attached hydrogen (secondary N) is 1. The van der Waals surface area contributed by atoms with Crippen LogP contribution in [0.3, 0.4) is 0 Å². The van der Waals surface area contributed by atoms with Crippen molar-refractivity contribution in [2.24, 2.45) is 0 Å². The van der Waals surface area contributed by atoms with Gasteiger partial charge in [-0.25, -0.2) is 4.98 Å². The fourth-order valence-electron chi connectivity index (χ4n) is 1.73. The molecule has 1 aromatic carbocycles. The van der Waals surface area contributed by atoms with Crippen molar-refractivity contribution >= 4 is 26.7 Å². The molecule has 0 atom stereocenters. The van der Waals surface area contributed by atoms with Gasteiger partial charge in [0.1, 0.15) is 17.7 Å². The van der Waals surface area contributed by atoms with Gasteiger partial charge in [-0.2, -0.15) is 0 Å². The van der Waals surface area contributed by atoms with E-state index in [1.54, 1.807) is 17.6 Å². The van der Waals surface area contributed by atoms with Crippen molar-refractivity contribution in [1.29, 1.82) is 0 Å². The molecule has 0 bridgehead atoms. The summed E-state index contributed by atoms with van der Waals surface area (Å²) in [6, 6.07) is 7.75. The maximum Gasteiger partial charge on any atom is 0.184 e. The van der Waals surface area contributed by atoms with Crippen LogP contribution < -0.4 is 10.1 Å². The average molecular weight is 275 g/mol. The van der Waals surface area contributed by atoms with Crippen LogP contribution in [-0.2, 0) is 6.54 Å². The Morgan fingerprint density at radius 3 is 3.11 bits per heavy atom. The van der Waals surface area contributed by atoms with Crippen LogP contribution in [0.25, 0.3) is 10.2 Å². The van der Waals surface area contributed by atoms with E-state index >= 15 is 0 Å². The van der Waals surface area contributed by atoms with E-state index in [1.165, 1.54) is 0 Å². The molecule has 0 saturated heterocycles. The minimum absolute atomic E-state index is 0.606. The van der Waals surface area contributed by atoms with E-state index in [9.17, 15) is 0 Å². The maximum absolute atomic E-state index is 5.48. The van der Waals surface area contributed by atoms with E-state index in [-0.39, 0.29) is 0 Å². The molecule has 0 radical (unpaired) electrons. The third-order valence-corrected chi connectivity index (χ3v) is 3.56. The summed E-state index contributed by atoms with van der Waals surface area (Å²) in [5.41, 5.74) is 1.82. The van der Waals surface area contributed by atoms with Gasteiger partial charge < -0.3 is 14.6 Å². The van der Waals surface area contributed by atoms with Crippen LogP contribution in [-0.4, -0.2) is 16.7 Å². The Morgan fingerprint density at radius 2 is 2.32 bits per heavy atom. The highest BCUT2D eigenvalue weighted by molar-refractivity contribution is 7.22. The summed E-state index contributed by atoms with van der Waals surface area (Å²) in [6.07, 6.45) is 1.56. The Balaban J connectivity index is 1.77. The summed E-state index contributed by atoms with van der Waals surface area (Å²) in [5, 5.41) is 7.94. The maximum atomic E-state index is 5.48. The predicted octanol–water partition coefficient (Wildman–Crippen LogP) is 3.30. The summed E-state index contributed by atoms with van der Waals surface area (Å²) in [5.74, 6) is 0.877. The van der Waals surface area contributed by atoms with Crippen molar-refractivity contribution in [2.75, 3.05) is 11.9 Å². The molecule has 19 heavy (non-hydrogen) atoms. The minimum atomic E-state index is 0.606. The lowest BCUT2D eigenvalue weighted by molar-refractivity contribution is 0.341. The van der Waals surface area contributed by atoms with E-state index in [2.05, 4.69) is 15.5 Å². The SMILES string of the molecule is CCOc1ccc2nc(NCc3ccon3)sc2c1. The molecule has 2 heterocycles. The zero-order valence-corrected chi connectivity index (χ0v) is 11.2. The van der Waals surface area contributed by atoms with Crippen LogP contribution in [0.5, 0.6) is 5.75 Å². The van der Waals surface area contributed by atoms with Gasteiger partial charge in [-0.3, -0.25) is 0 Å². The zero-order chi connectivity index (χ0) is 13.1. The Hall–Kier alpha value is -2.08. The molecule has 3 aromatic rings. The van der Waals surface area contributed by atoms with E-state index in [1.807, 2.05) is 31.2 Å².